The molecule has 4 nitrogen and oxygen atoms in total. The first-order valence-corrected chi connectivity index (χ1v) is 6.85. The van der Waals surface area contributed by atoms with E-state index in [1.165, 1.54) is 6.07 Å². The fourth-order valence-corrected chi connectivity index (χ4v) is 2.28. The first-order chi connectivity index (χ1) is 11.0. The number of hydrogen-bond acceptors (Lipinski definition) is 4. The first-order valence-electron chi connectivity index (χ1n) is 6.85. The van der Waals surface area contributed by atoms with Crippen LogP contribution in [0, 0.1) is 17.5 Å². The average molecular weight is 319 g/mol. The van der Waals surface area contributed by atoms with Crippen LogP contribution < -0.4 is 10.5 Å². The molecule has 0 amide bonds. The lowest BCUT2D eigenvalue weighted by Crippen LogP contribution is -2.01. The highest BCUT2D eigenvalue weighted by molar-refractivity contribution is 5.89. The first kappa shape index (κ1) is 15.1. The molecule has 0 aliphatic rings. The molecule has 0 unspecified atom stereocenters. The van der Waals surface area contributed by atoms with Crippen molar-refractivity contribution in [2.24, 2.45) is 0 Å². The fourth-order valence-electron chi connectivity index (χ4n) is 2.28. The van der Waals surface area contributed by atoms with Gasteiger partial charge in [0.1, 0.15) is 0 Å². The number of benzene rings is 2. The molecule has 3 aromatic rings. The molecule has 1 heterocycles. The minimum Gasteiger partial charge on any atom is -0.477 e. The second kappa shape index (κ2) is 5.75. The summed E-state index contributed by atoms with van der Waals surface area (Å²) in [6.45, 7) is 2.14. The standard InChI is InChI=1S/C16H12F3N3O/c1-2-23-15-10-7-8(3-6-12(10)21-16(20)22-15)9-4-5-11(17)14(19)13(9)18/h3-7H,2H2,1H3,(H2,20,21,22). The maximum atomic E-state index is 14.0. The van der Waals surface area contributed by atoms with Gasteiger partial charge in [-0.05, 0) is 36.8 Å². The quantitative estimate of drug-likeness (QED) is 0.748. The van der Waals surface area contributed by atoms with Gasteiger partial charge in [-0.25, -0.2) is 18.2 Å². The van der Waals surface area contributed by atoms with Crippen molar-refractivity contribution >= 4 is 16.9 Å². The van der Waals surface area contributed by atoms with E-state index in [0.717, 1.165) is 6.07 Å². The molecule has 0 aliphatic carbocycles. The Morgan fingerprint density at radius 1 is 1.04 bits per heavy atom. The zero-order valence-corrected chi connectivity index (χ0v) is 12.1. The summed E-state index contributed by atoms with van der Waals surface area (Å²) < 4.78 is 45.9. The summed E-state index contributed by atoms with van der Waals surface area (Å²) in [5.41, 5.74) is 6.40. The lowest BCUT2D eigenvalue weighted by molar-refractivity contribution is 0.331. The van der Waals surface area contributed by atoms with Gasteiger partial charge in [0.15, 0.2) is 17.5 Å². The number of rotatable bonds is 3. The summed E-state index contributed by atoms with van der Waals surface area (Å²) in [5.74, 6) is -3.70. The summed E-state index contributed by atoms with van der Waals surface area (Å²) in [5, 5.41) is 0.502. The van der Waals surface area contributed by atoms with Crippen LogP contribution in [-0.2, 0) is 0 Å². The molecule has 0 saturated carbocycles. The molecule has 0 aliphatic heterocycles. The van der Waals surface area contributed by atoms with Crippen molar-refractivity contribution in [3.63, 3.8) is 0 Å². The smallest absolute Gasteiger partial charge is 0.226 e. The maximum absolute atomic E-state index is 14.0. The molecule has 0 spiro atoms. The van der Waals surface area contributed by atoms with Crippen LogP contribution in [0.4, 0.5) is 19.1 Å². The number of nitrogens with zero attached hydrogens (tertiary/aromatic N) is 2. The van der Waals surface area contributed by atoms with Gasteiger partial charge in [-0.3, -0.25) is 0 Å². The highest BCUT2D eigenvalue weighted by Crippen LogP contribution is 2.31. The van der Waals surface area contributed by atoms with E-state index in [-0.39, 0.29) is 17.4 Å². The highest BCUT2D eigenvalue weighted by atomic mass is 19.2. The molecule has 3 rings (SSSR count). The van der Waals surface area contributed by atoms with Crippen LogP contribution in [0.2, 0.25) is 0 Å². The number of nitrogen functional groups attached to an aromatic ring is 1. The van der Waals surface area contributed by atoms with Crippen LogP contribution in [-0.4, -0.2) is 16.6 Å². The molecule has 7 heteroatoms. The molecule has 2 aromatic carbocycles. The van der Waals surface area contributed by atoms with Crippen molar-refractivity contribution in [1.29, 1.82) is 0 Å². The lowest BCUT2D eigenvalue weighted by atomic mass is 10.0. The van der Waals surface area contributed by atoms with E-state index in [1.54, 1.807) is 25.1 Å². The van der Waals surface area contributed by atoms with Crippen LogP contribution in [0.25, 0.3) is 22.0 Å². The Labute approximate surface area is 129 Å². The van der Waals surface area contributed by atoms with Crippen LogP contribution >= 0.6 is 0 Å². The van der Waals surface area contributed by atoms with Gasteiger partial charge in [-0.15, -0.1) is 0 Å². The van der Waals surface area contributed by atoms with E-state index >= 15 is 0 Å². The average Bonchev–Trinajstić information content (AvgIpc) is 2.53. The molecule has 1 aromatic heterocycles. The van der Waals surface area contributed by atoms with Gasteiger partial charge in [0.2, 0.25) is 11.8 Å². The molecule has 23 heavy (non-hydrogen) atoms. The van der Waals surface area contributed by atoms with Crippen molar-refractivity contribution in [1.82, 2.24) is 9.97 Å². The van der Waals surface area contributed by atoms with Gasteiger partial charge in [0.25, 0.3) is 0 Å². The minimum absolute atomic E-state index is 0.0488. The fraction of sp³-hybridized carbons (Fsp3) is 0.125. The van der Waals surface area contributed by atoms with Gasteiger partial charge >= 0.3 is 0 Å². The van der Waals surface area contributed by atoms with Crippen molar-refractivity contribution in [2.75, 3.05) is 12.3 Å². The van der Waals surface area contributed by atoms with Crippen molar-refractivity contribution < 1.29 is 17.9 Å². The number of nitrogens with two attached hydrogens (primary N) is 1. The SMILES string of the molecule is CCOc1nc(N)nc2ccc(-c3ccc(F)c(F)c3F)cc12. The number of aromatic nitrogens is 2. The van der Waals surface area contributed by atoms with E-state index in [9.17, 15) is 13.2 Å². The summed E-state index contributed by atoms with van der Waals surface area (Å²) in [7, 11) is 0. The highest BCUT2D eigenvalue weighted by Gasteiger charge is 2.16. The molecule has 0 bridgehead atoms. The summed E-state index contributed by atoms with van der Waals surface area (Å²) in [6, 6.07) is 6.73. The largest absolute Gasteiger partial charge is 0.477 e. The summed E-state index contributed by atoms with van der Waals surface area (Å²) in [6.07, 6.45) is 0. The van der Waals surface area contributed by atoms with Gasteiger partial charge < -0.3 is 10.5 Å². The number of hydrogen-bond donors (Lipinski definition) is 1. The molecule has 2 N–H and O–H groups in total. The van der Waals surface area contributed by atoms with Gasteiger partial charge in [0.05, 0.1) is 17.5 Å². The monoisotopic (exact) mass is 319 g/mol. The molecular weight excluding hydrogens is 307 g/mol. The Morgan fingerprint density at radius 3 is 2.57 bits per heavy atom. The van der Waals surface area contributed by atoms with Crippen LogP contribution in [0.1, 0.15) is 6.92 Å². The second-order valence-corrected chi connectivity index (χ2v) is 4.77. The van der Waals surface area contributed by atoms with E-state index in [1.807, 2.05) is 0 Å². The molecule has 118 valence electrons. The predicted octanol–water partition coefficient (Wildman–Crippen LogP) is 3.70. The normalized spacial score (nSPS) is 11.0. The topological polar surface area (TPSA) is 61.0 Å². The zero-order valence-electron chi connectivity index (χ0n) is 12.1. The number of ether oxygens (including phenoxy) is 1. The molecular formula is C16H12F3N3O. The number of anilines is 1. The predicted molar refractivity (Wildman–Crippen MR) is 80.4 cm³/mol. The van der Waals surface area contributed by atoms with E-state index < -0.39 is 17.5 Å². The van der Waals surface area contributed by atoms with Crippen LogP contribution in [0.3, 0.4) is 0 Å². The van der Waals surface area contributed by atoms with E-state index in [4.69, 9.17) is 10.5 Å². The number of fused-ring (bicyclic) bond motifs is 1. The molecule has 0 saturated heterocycles. The third-order valence-corrected chi connectivity index (χ3v) is 3.31. The van der Waals surface area contributed by atoms with E-state index in [2.05, 4.69) is 9.97 Å². The Morgan fingerprint density at radius 2 is 1.83 bits per heavy atom. The van der Waals surface area contributed by atoms with Crippen LogP contribution in [0.5, 0.6) is 5.88 Å². The van der Waals surface area contributed by atoms with Crippen molar-refractivity contribution in [3.8, 4) is 17.0 Å². The van der Waals surface area contributed by atoms with Gasteiger partial charge in [-0.2, -0.15) is 4.98 Å². The Hall–Kier alpha value is -2.83. The minimum atomic E-state index is -1.51. The van der Waals surface area contributed by atoms with Crippen molar-refractivity contribution in [3.05, 3.63) is 47.8 Å². The van der Waals surface area contributed by atoms with E-state index in [0.29, 0.717) is 23.1 Å². The lowest BCUT2D eigenvalue weighted by Gasteiger charge is -2.10. The zero-order chi connectivity index (χ0) is 16.6. The van der Waals surface area contributed by atoms with Gasteiger partial charge in [0, 0.05) is 5.56 Å². The second-order valence-electron chi connectivity index (χ2n) is 4.77. The van der Waals surface area contributed by atoms with Crippen LogP contribution in [0.15, 0.2) is 30.3 Å². The summed E-state index contributed by atoms with van der Waals surface area (Å²) >= 11 is 0. The third-order valence-electron chi connectivity index (χ3n) is 3.31. The van der Waals surface area contributed by atoms with Gasteiger partial charge in [-0.1, -0.05) is 6.07 Å². The Kier molecular flexibility index (Phi) is 3.77. The molecule has 0 radical (unpaired) electrons. The summed E-state index contributed by atoms with van der Waals surface area (Å²) in [4.78, 5) is 8.06. The molecule has 0 atom stereocenters. The third kappa shape index (κ3) is 2.65. The Balaban J connectivity index is 2.22. The molecule has 0 fully saturated rings. The van der Waals surface area contributed by atoms with Crippen molar-refractivity contribution in [2.45, 2.75) is 6.92 Å². The Bertz CT molecular complexity index is 899. The number of halogens is 3. The maximum Gasteiger partial charge on any atom is 0.226 e.